The van der Waals surface area contributed by atoms with E-state index in [4.69, 9.17) is 9.47 Å². The molecule has 2 unspecified atom stereocenters. The van der Waals surface area contributed by atoms with Crippen molar-refractivity contribution < 1.29 is 23.0 Å². The average Bonchev–Trinajstić information content (AvgIpc) is 2.71. The number of carbonyl (C=O) groups is 1. The van der Waals surface area contributed by atoms with Crippen molar-refractivity contribution in [2.75, 3.05) is 20.3 Å². The van der Waals surface area contributed by atoms with Gasteiger partial charge in [0.25, 0.3) is 6.43 Å². The highest BCUT2D eigenvalue weighted by Gasteiger charge is 2.46. The summed E-state index contributed by atoms with van der Waals surface area (Å²) in [6, 6.07) is 0. The number of halogens is 2. The second-order valence-corrected chi connectivity index (χ2v) is 4.19. The molecule has 1 N–H and O–H groups in total. The summed E-state index contributed by atoms with van der Waals surface area (Å²) in [5, 5.41) is 3.08. The summed E-state index contributed by atoms with van der Waals surface area (Å²) in [4.78, 5) is 11.7. The number of likely N-dealkylation sites (N-methyl/N-ethyl adjacent to an activating group) is 1. The third-order valence-corrected chi connectivity index (χ3v) is 3.02. The van der Waals surface area contributed by atoms with E-state index in [0.717, 1.165) is 0 Å². The van der Waals surface area contributed by atoms with Crippen molar-refractivity contribution in [1.29, 1.82) is 0 Å². The first-order chi connectivity index (χ1) is 8.04. The van der Waals surface area contributed by atoms with Crippen LogP contribution in [0.2, 0.25) is 0 Å². The van der Waals surface area contributed by atoms with Gasteiger partial charge in [0, 0.05) is 6.42 Å². The summed E-state index contributed by atoms with van der Waals surface area (Å²) >= 11 is 0. The van der Waals surface area contributed by atoms with Crippen LogP contribution in [-0.2, 0) is 14.3 Å². The molecular weight excluding hydrogens is 232 g/mol. The lowest BCUT2D eigenvalue weighted by atomic mass is 9.97. The maximum absolute atomic E-state index is 12.0. The van der Waals surface area contributed by atoms with Gasteiger partial charge in [-0.3, -0.25) is 4.79 Å². The van der Waals surface area contributed by atoms with E-state index in [1.807, 2.05) is 6.92 Å². The zero-order chi connectivity index (χ0) is 12.9. The summed E-state index contributed by atoms with van der Waals surface area (Å²) in [6.07, 6.45) is -1.24. The molecule has 1 rings (SSSR count). The molecule has 0 bridgehead atoms. The summed E-state index contributed by atoms with van der Waals surface area (Å²) in [5.41, 5.74) is -0.768. The molecule has 0 aromatic heterocycles. The van der Waals surface area contributed by atoms with Crippen LogP contribution in [0.25, 0.3) is 0 Å². The fraction of sp³-hybridized carbons (Fsp3) is 0.909. The maximum Gasteiger partial charge on any atom is 0.326 e. The molecule has 0 aromatic rings. The van der Waals surface area contributed by atoms with Gasteiger partial charge in [-0.15, -0.1) is 0 Å². The van der Waals surface area contributed by atoms with Crippen molar-refractivity contribution >= 4 is 5.97 Å². The van der Waals surface area contributed by atoms with Crippen LogP contribution in [0, 0.1) is 0 Å². The van der Waals surface area contributed by atoms with Crippen LogP contribution >= 0.6 is 0 Å². The van der Waals surface area contributed by atoms with E-state index in [2.05, 4.69) is 5.32 Å². The predicted octanol–water partition coefficient (Wildman–Crippen LogP) is 1.34. The van der Waals surface area contributed by atoms with E-state index in [1.54, 1.807) is 0 Å². The van der Waals surface area contributed by atoms with Gasteiger partial charge in [-0.05, 0) is 19.4 Å². The Morgan fingerprint density at radius 1 is 1.59 bits per heavy atom. The number of hydrogen-bond acceptors (Lipinski definition) is 4. The number of carbonyl (C=O) groups excluding carboxylic acids is 1. The van der Waals surface area contributed by atoms with Crippen LogP contribution in [0.1, 0.15) is 26.2 Å². The van der Waals surface area contributed by atoms with E-state index in [0.29, 0.717) is 25.8 Å². The molecule has 17 heavy (non-hydrogen) atoms. The fourth-order valence-corrected chi connectivity index (χ4v) is 2.30. The first-order valence-corrected chi connectivity index (χ1v) is 5.77. The summed E-state index contributed by atoms with van der Waals surface area (Å²) in [5.74, 6) is -0.345. The molecular formula is C11H19F2NO3. The van der Waals surface area contributed by atoms with E-state index >= 15 is 0 Å². The highest BCUT2D eigenvalue weighted by Crippen LogP contribution is 2.33. The van der Waals surface area contributed by atoms with Crippen molar-refractivity contribution in [1.82, 2.24) is 5.32 Å². The molecule has 0 amide bonds. The monoisotopic (exact) mass is 251 g/mol. The highest BCUT2D eigenvalue weighted by atomic mass is 19.3. The Kier molecular flexibility index (Phi) is 5.27. The molecule has 1 fully saturated rings. The molecule has 2 atom stereocenters. The molecule has 6 heteroatoms. The van der Waals surface area contributed by atoms with Crippen LogP contribution < -0.4 is 5.32 Å². The normalized spacial score (nSPS) is 28.6. The number of esters is 1. The Morgan fingerprint density at radius 2 is 2.29 bits per heavy atom. The summed E-state index contributed by atoms with van der Waals surface area (Å²) in [6.45, 7) is 1.93. The smallest absolute Gasteiger partial charge is 0.326 e. The van der Waals surface area contributed by atoms with Crippen LogP contribution in [0.3, 0.4) is 0 Å². The first-order valence-electron chi connectivity index (χ1n) is 5.77. The van der Waals surface area contributed by atoms with E-state index in [-0.39, 0.29) is 12.1 Å². The Bertz CT molecular complexity index is 263. The lowest BCUT2D eigenvalue weighted by molar-refractivity contribution is -0.149. The molecule has 0 heterocycles. The van der Waals surface area contributed by atoms with E-state index < -0.39 is 18.6 Å². The van der Waals surface area contributed by atoms with Crippen molar-refractivity contribution in [3.05, 3.63) is 0 Å². The molecule has 0 radical (unpaired) electrons. The van der Waals surface area contributed by atoms with Crippen molar-refractivity contribution in [2.45, 2.75) is 44.3 Å². The lowest BCUT2D eigenvalue weighted by Crippen LogP contribution is -2.51. The second-order valence-electron chi connectivity index (χ2n) is 4.19. The van der Waals surface area contributed by atoms with Crippen LogP contribution in [-0.4, -0.2) is 44.3 Å². The topological polar surface area (TPSA) is 47.6 Å². The van der Waals surface area contributed by atoms with Gasteiger partial charge in [0.15, 0.2) is 0 Å². The van der Waals surface area contributed by atoms with Crippen molar-refractivity contribution in [2.24, 2.45) is 0 Å². The Morgan fingerprint density at radius 3 is 2.82 bits per heavy atom. The Balaban J connectivity index is 2.55. The second kappa shape index (κ2) is 6.26. The molecule has 0 saturated heterocycles. The van der Waals surface area contributed by atoms with Gasteiger partial charge in [0.2, 0.25) is 0 Å². The SMILES string of the molecule is CCNC1(C(=O)OC)CCC(OCC(F)F)C1. The van der Waals surface area contributed by atoms with Crippen LogP contribution in [0.5, 0.6) is 0 Å². The standard InChI is InChI=1S/C11H19F2NO3/c1-3-14-11(10(15)16-2)5-4-8(6-11)17-7-9(12)13/h8-9,14H,3-7H2,1-2H3. The fourth-order valence-electron chi connectivity index (χ4n) is 2.30. The van der Waals surface area contributed by atoms with Gasteiger partial charge in [-0.2, -0.15) is 0 Å². The minimum atomic E-state index is -2.47. The van der Waals surface area contributed by atoms with Gasteiger partial charge >= 0.3 is 5.97 Å². The summed E-state index contributed by atoms with van der Waals surface area (Å²) in [7, 11) is 1.33. The molecule has 1 aliphatic carbocycles. The number of alkyl halides is 2. The molecule has 0 aromatic carbocycles. The zero-order valence-corrected chi connectivity index (χ0v) is 10.2. The third kappa shape index (κ3) is 3.61. The minimum absolute atomic E-state index is 0.304. The highest BCUT2D eigenvalue weighted by molar-refractivity contribution is 5.81. The molecule has 0 aliphatic heterocycles. The van der Waals surface area contributed by atoms with E-state index in [9.17, 15) is 13.6 Å². The van der Waals surface area contributed by atoms with Crippen molar-refractivity contribution in [3.8, 4) is 0 Å². The largest absolute Gasteiger partial charge is 0.468 e. The van der Waals surface area contributed by atoms with Crippen LogP contribution in [0.15, 0.2) is 0 Å². The Labute approximate surface area is 99.7 Å². The number of hydrogen-bond donors (Lipinski definition) is 1. The molecule has 1 aliphatic rings. The van der Waals surface area contributed by atoms with E-state index in [1.165, 1.54) is 7.11 Å². The molecule has 1 saturated carbocycles. The number of rotatable bonds is 6. The Hall–Kier alpha value is -0.750. The van der Waals surface area contributed by atoms with Gasteiger partial charge in [-0.25, -0.2) is 8.78 Å². The summed E-state index contributed by atoms with van der Waals surface area (Å²) < 4.78 is 33.9. The quantitative estimate of drug-likeness (QED) is 0.724. The molecule has 4 nitrogen and oxygen atoms in total. The average molecular weight is 251 g/mol. The maximum atomic E-state index is 12.0. The zero-order valence-electron chi connectivity index (χ0n) is 10.2. The number of methoxy groups -OCH3 is 1. The molecule has 100 valence electrons. The predicted molar refractivity (Wildman–Crippen MR) is 58.0 cm³/mol. The van der Waals surface area contributed by atoms with Gasteiger partial charge in [0.1, 0.15) is 12.1 Å². The third-order valence-electron chi connectivity index (χ3n) is 3.02. The van der Waals surface area contributed by atoms with Gasteiger partial charge < -0.3 is 14.8 Å². The van der Waals surface area contributed by atoms with Gasteiger partial charge in [-0.1, -0.05) is 6.92 Å². The first kappa shape index (κ1) is 14.3. The number of ether oxygens (including phenoxy) is 2. The van der Waals surface area contributed by atoms with Crippen LogP contribution in [0.4, 0.5) is 8.78 Å². The van der Waals surface area contributed by atoms with Crippen molar-refractivity contribution in [3.63, 3.8) is 0 Å². The number of nitrogens with one attached hydrogen (secondary N) is 1. The molecule has 0 spiro atoms. The lowest BCUT2D eigenvalue weighted by Gasteiger charge is -2.27. The van der Waals surface area contributed by atoms with Gasteiger partial charge in [0.05, 0.1) is 13.2 Å². The minimum Gasteiger partial charge on any atom is -0.468 e.